The normalized spacial score (nSPS) is 24.6. The van der Waals surface area contributed by atoms with Crippen molar-refractivity contribution in [2.24, 2.45) is 5.92 Å². The number of aliphatic carboxylic acids is 1. The zero-order valence-electron chi connectivity index (χ0n) is 9.03. The Hall–Kier alpha value is -0.870. The SMILES string of the molecule is Cc1cccc(C2CC(C(=O)O)CN2)c1Br. The Kier molecular flexibility index (Phi) is 3.30. The van der Waals surface area contributed by atoms with Crippen molar-refractivity contribution in [3.8, 4) is 0 Å². The molecule has 1 aromatic carbocycles. The Morgan fingerprint density at radius 1 is 1.56 bits per heavy atom. The monoisotopic (exact) mass is 283 g/mol. The Labute approximate surface area is 103 Å². The van der Waals surface area contributed by atoms with E-state index < -0.39 is 5.97 Å². The van der Waals surface area contributed by atoms with E-state index in [2.05, 4.69) is 21.2 Å². The van der Waals surface area contributed by atoms with Crippen LogP contribution in [0.15, 0.2) is 22.7 Å². The highest BCUT2D eigenvalue weighted by Gasteiger charge is 2.31. The van der Waals surface area contributed by atoms with Crippen LogP contribution in [0, 0.1) is 12.8 Å². The van der Waals surface area contributed by atoms with E-state index in [0.717, 1.165) is 10.0 Å². The van der Waals surface area contributed by atoms with Crippen LogP contribution in [-0.2, 0) is 4.79 Å². The van der Waals surface area contributed by atoms with Gasteiger partial charge in [-0.05, 0) is 24.5 Å². The van der Waals surface area contributed by atoms with E-state index >= 15 is 0 Å². The van der Waals surface area contributed by atoms with Gasteiger partial charge in [-0.15, -0.1) is 0 Å². The lowest BCUT2D eigenvalue weighted by molar-refractivity contribution is -0.141. The van der Waals surface area contributed by atoms with Crippen LogP contribution in [0.5, 0.6) is 0 Å². The third-order valence-corrected chi connectivity index (χ3v) is 4.16. The minimum absolute atomic E-state index is 0.148. The van der Waals surface area contributed by atoms with E-state index in [1.54, 1.807) is 0 Å². The molecule has 1 fully saturated rings. The first-order valence-electron chi connectivity index (χ1n) is 5.31. The third kappa shape index (κ3) is 2.13. The number of carbonyl (C=O) groups is 1. The molecule has 16 heavy (non-hydrogen) atoms. The number of hydrogen-bond donors (Lipinski definition) is 2. The molecule has 2 N–H and O–H groups in total. The quantitative estimate of drug-likeness (QED) is 0.877. The molecule has 2 atom stereocenters. The number of rotatable bonds is 2. The summed E-state index contributed by atoms with van der Waals surface area (Å²) < 4.78 is 1.08. The first-order chi connectivity index (χ1) is 7.59. The van der Waals surface area contributed by atoms with E-state index in [1.165, 1.54) is 5.56 Å². The van der Waals surface area contributed by atoms with E-state index in [0.29, 0.717) is 13.0 Å². The summed E-state index contributed by atoms with van der Waals surface area (Å²) in [7, 11) is 0. The van der Waals surface area contributed by atoms with Crippen LogP contribution in [0.3, 0.4) is 0 Å². The van der Waals surface area contributed by atoms with Crippen LogP contribution in [-0.4, -0.2) is 17.6 Å². The topological polar surface area (TPSA) is 49.3 Å². The summed E-state index contributed by atoms with van der Waals surface area (Å²) in [5, 5.41) is 12.2. The summed E-state index contributed by atoms with van der Waals surface area (Å²) in [4.78, 5) is 10.9. The maximum Gasteiger partial charge on any atom is 0.307 e. The van der Waals surface area contributed by atoms with Crippen molar-refractivity contribution >= 4 is 21.9 Å². The van der Waals surface area contributed by atoms with Gasteiger partial charge in [0.05, 0.1) is 5.92 Å². The van der Waals surface area contributed by atoms with Crippen molar-refractivity contribution in [2.45, 2.75) is 19.4 Å². The number of aryl methyl sites for hydroxylation is 1. The Morgan fingerprint density at radius 3 is 2.94 bits per heavy atom. The minimum Gasteiger partial charge on any atom is -0.481 e. The molecule has 2 unspecified atom stereocenters. The van der Waals surface area contributed by atoms with Crippen molar-refractivity contribution in [2.75, 3.05) is 6.54 Å². The molecule has 2 rings (SSSR count). The van der Waals surface area contributed by atoms with Crippen LogP contribution in [0.4, 0.5) is 0 Å². The fourth-order valence-corrected chi connectivity index (χ4v) is 2.64. The Bertz CT molecular complexity index is 419. The lowest BCUT2D eigenvalue weighted by Gasteiger charge is -2.14. The van der Waals surface area contributed by atoms with E-state index in [9.17, 15) is 4.79 Å². The third-order valence-electron chi connectivity index (χ3n) is 3.08. The Balaban J connectivity index is 2.21. The fraction of sp³-hybridized carbons (Fsp3) is 0.417. The Morgan fingerprint density at radius 2 is 2.31 bits per heavy atom. The highest BCUT2D eigenvalue weighted by atomic mass is 79.9. The molecule has 3 nitrogen and oxygen atoms in total. The number of carboxylic acid groups (broad SMARTS) is 1. The van der Waals surface area contributed by atoms with Crippen LogP contribution < -0.4 is 5.32 Å². The van der Waals surface area contributed by atoms with Crippen molar-refractivity contribution in [3.63, 3.8) is 0 Å². The second kappa shape index (κ2) is 4.55. The predicted octanol–water partition coefficient (Wildman–Crippen LogP) is 2.49. The lowest BCUT2D eigenvalue weighted by Crippen LogP contribution is -2.17. The molecular formula is C12H14BrNO2. The smallest absolute Gasteiger partial charge is 0.307 e. The van der Waals surface area contributed by atoms with E-state index in [-0.39, 0.29) is 12.0 Å². The first-order valence-corrected chi connectivity index (χ1v) is 6.10. The van der Waals surface area contributed by atoms with Crippen molar-refractivity contribution in [1.82, 2.24) is 5.32 Å². The van der Waals surface area contributed by atoms with Crippen LogP contribution in [0.25, 0.3) is 0 Å². The van der Waals surface area contributed by atoms with Crippen molar-refractivity contribution < 1.29 is 9.90 Å². The van der Waals surface area contributed by atoms with Gasteiger partial charge in [-0.3, -0.25) is 4.79 Å². The van der Waals surface area contributed by atoms with Gasteiger partial charge in [0.2, 0.25) is 0 Å². The van der Waals surface area contributed by atoms with Crippen molar-refractivity contribution in [3.05, 3.63) is 33.8 Å². The van der Waals surface area contributed by atoms with Gasteiger partial charge in [0.15, 0.2) is 0 Å². The average molecular weight is 284 g/mol. The predicted molar refractivity (Wildman–Crippen MR) is 65.4 cm³/mol. The van der Waals surface area contributed by atoms with E-state index in [4.69, 9.17) is 5.11 Å². The molecule has 1 saturated heterocycles. The molecule has 0 spiro atoms. The van der Waals surface area contributed by atoms with Crippen LogP contribution >= 0.6 is 15.9 Å². The lowest BCUT2D eigenvalue weighted by atomic mass is 9.99. The van der Waals surface area contributed by atoms with Gasteiger partial charge in [0.25, 0.3) is 0 Å². The summed E-state index contributed by atoms with van der Waals surface area (Å²) >= 11 is 3.56. The van der Waals surface area contributed by atoms with Gasteiger partial charge in [0, 0.05) is 17.1 Å². The summed E-state index contributed by atoms with van der Waals surface area (Å²) in [6.07, 6.45) is 0.664. The molecule has 0 radical (unpaired) electrons. The highest BCUT2D eigenvalue weighted by molar-refractivity contribution is 9.10. The summed E-state index contributed by atoms with van der Waals surface area (Å²) in [6, 6.07) is 6.23. The second-order valence-electron chi connectivity index (χ2n) is 4.21. The molecule has 86 valence electrons. The van der Waals surface area contributed by atoms with Crippen molar-refractivity contribution in [1.29, 1.82) is 0 Å². The number of nitrogens with one attached hydrogen (secondary N) is 1. The number of carboxylic acids is 1. The van der Waals surface area contributed by atoms with Gasteiger partial charge < -0.3 is 10.4 Å². The molecular weight excluding hydrogens is 270 g/mol. The molecule has 0 aromatic heterocycles. The maximum atomic E-state index is 10.9. The van der Waals surface area contributed by atoms with Gasteiger partial charge in [-0.25, -0.2) is 0 Å². The average Bonchev–Trinajstić information content (AvgIpc) is 2.71. The second-order valence-corrected chi connectivity index (χ2v) is 5.00. The fourth-order valence-electron chi connectivity index (χ4n) is 2.10. The number of benzene rings is 1. The largest absolute Gasteiger partial charge is 0.481 e. The molecule has 0 amide bonds. The zero-order chi connectivity index (χ0) is 11.7. The molecule has 1 heterocycles. The minimum atomic E-state index is -0.709. The highest BCUT2D eigenvalue weighted by Crippen LogP contribution is 2.33. The first kappa shape index (κ1) is 11.6. The maximum absolute atomic E-state index is 10.9. The van der Waals surface area contributed by atoms with Gasteiger partial charge in [-0.2, -0.15) is 0 Å². The van der Waals surface area contributed by atoms with Crippen LogP contribution in [0.2, 0.25) is 0 Å². The molecule has 0 bridgehead atoms. The molecule has 1 aliphatic rings. The van der Waals surface area contributed by atoms with E-state index in [1.807, 2.05) is 25.1 Å². The van der Waals surface area contributed by atoms with Crippen LogP contribution in [0.1, 0.15) is 23.6 Å². The molecule has 0 aliphatic carbocycles. The number of halogens is 1. The summed E-state index contributed by atoms with van der Waals surface area (Å²) in [5.41, 5.74) is 2.34. The summed E-state index contributed by atoms with van der Waals surface area (Å²) in [6.45, 7) is 2.59. The van der Waals surface area contributed by atoms with Gasteiger partial charge in [-0.1, -0.05) is 34.1 Å². The molecule has 0 saturated carbocycles. The summed E-state index contributed by atoms with van der Waals surface area (Å²) in [5.74, 6) is -0.976. The van der Waals surface area contributed by atoms with Gasteiger partial charge in [0.1, 0.15) is 0 Å². The zero-order valence-corrected chi connectivity index (χ0v) is 10.6. The number of hydrogen-bond acceptors (Lipinski definition) is 2. The molecule has 1 aromatic rings. The molecule has 1 aliphatic heterocycles. The standard InChI is InChI=1S/C12H14BrNO2/c1-7-3-2-4-9(11(7)13)10-5-8(6-14-10)12(15)16/h2-4,8,10,14H,5-6H2,1H3,(H,15,16). The van der Waals surface area contributed by atoms with Gasteiger partial charge >= 0.3 is 5.97 Å². The molecule has 4 heteroatoms.